The normalized spacial score (nSPS) is 10.9. The molecule has 0 aliphatic rings. The zero-order chi connectivity index (χ0) is 14.1. The average Bonchev–Trinajstić information content (AvgIpc) is 3.05. The molecule has 2 heterocycles. The highest BCUT2D eigenvalue weighted by Gasteiger charge is 2.11. The van der Waals surface area contributed by atoms with Crippen LogP contribution in [-0.4, -0.2) is 19.6 Å². The van der Waals surface area contributed by atoms with E-state index in [1.807, 2.05) is 42.1 Å². The second-order valence-electron chi connectivity index (χ2n) is 4.44. The Bertz CT molecular complexity index is 726. The zero-order valence-corrected chi connectivity index (χ0v) is 11.7. The molecule has 0 saturated carbocycles. The summed E-state index contributed by atoms with van der Waals surface area (Å²) in [5.74, 6) is 0. The van der Waals surface area contributed by atoms with Crippen molar-refractivity contribution in [2.75, 3.05) is 5.73 Å². The summed E-state index contributed by atoms with van der Waals surface area (Å²) in [6.07, 6.45) is 5.50. The van der Waals surface area contributed by atoms with Gasteiger partial charge in [-0.1, -0.05) is 11.6 Å². The minimum atomic E-state index is 0.621. The average molecular weight is 288 g/mol. The number of nitrogen functional groups attached to an aromatic ring is 1. The van der Waals surface area contributed by atoms with Gasteiger partial charge in [-0.25, -0.2) is 4.68 Å². The third kappa shape index (κ3) is 2.28. The molecule has 3 aromatic rings. The summed E-state index contributed by atoms with van der Waals surface area (Å²) in [6.45, 7) is 2.85. The zero-order valence-electron chi connectivity index (χ0n) is 11.0. The van der Waals surface area contributed by atoms with Crippen LogP contribution < -0.4 is 5.73 Å². The van der Waals surface area contributed by atoms with Crippen LogP contribution >= 0.6 is 11.6 Å². The summed E-state index contributed by atoms with van der Waals surface area (Å²) in [7, 11) is 0. The summed E-state index contributed by atoms with van der Waals surface area (Å²) in [6, 6.07) is 7.44. The third-order valence-electron chi connectivity index (χ3n) is 3.06. The van der Waals surface area contributed by atoms with Crippen LogP contribution in [0, 0.1) is 0 Å². The number of anilines is 1. The van der Waals surface area contributed by atoms with Crippen molar-refractivity contribution >= 4 is 17.3 Å². The predicted molar refractivity (Wildman–Crippen MR) is 79.9 cm³/mol. The first-order valence-corrected chi connectivity index (χ1v) is 6.69. The smallest absolute Gasteiger partial charge is 0.119 e. The Morgan fingerprint density at radius 2 is 1.95 bits per heavy atom. The number of nitrogens with zero attached hydrogens (tertiary/aromatic N) is 4. The first-order valence-electron chi connectivity index (χ1n) is 6.31. The van der Waals surface area contributed by atoms with Crippen LogP contribution in [0.5, 0.6) is 0 Å². The van der Waals surface area contributed by atoms with E-state index in [0.29, 0.717) is 10.7 Å². The van der Waals surface area contributed by atoms with Crippen LogP contribution in [0.1, 0.15) is 6.92 Å². The SMILES string of the molecule is CCn1cc(-c2nn(-c3ccc(Cl)cc3)cc2N)cn1. The molecule has 0 aliphatic carbocycles. The number of halogens is 1. The minimum absolute atomic E-state index is 0.621. The molecule has 6 heteroatoms. The molecule has 0 fully saturated rings. The van der Waals surface area contributed by atoms with Gasteiger partial charge in [0.1, 0.15) is 5.69 Å². The predicted octanol–water partition coefficient (Wildman–Crippen LogP) is 2.99. The maximum absolute atomic E-state index is 6.04. The molecule has 3 rings (SSSR count). The molecule has 5 nitrogen and oxygen atoms in total. The van der Waals surface area contributed by atoms with Crippen molar-refractivity contribution in [1.82, 2.24) is 19.6 Å². The van der Waals surface area contributed by atoms with Gasteiger partial charge in [0.2, 0.25) is 0 Å². The van der Waals surface area contributed by atoms with Gasteiger partial charge in [-0.15, -0.1) is 0 Å². The lowest BCUT2D eigenvalue weighted by atomic mass is 10.2. The summed E-state index contributed by atoms with van der Waals surface area (Å²) < 4.78 is 3.58. The van der Waals surface area contributed by atoms with Crippen molar-refractivity contribution in [2.45, 2.75) is 13.5 Å². The maximum Gasteiger partial charge on any atom is 0.119 e. The van der Waals surface area contributed by atoms with Crippen LogP contribution in [0.4, 0.5) is 5.69 Å². The molecule has 0 atom stereocenters. The van der Waals surface area contributed by atoms with Crippen LogP contribution in [0.2, 0.25) is 5.02 Å². The highest BCUT2D eigenvalue weighted by Crippen LogP contribution is 2.25. The Labute approximate surface area is 121 Å². The Balaban J connectivity index is 2.00. The molecule has 2 aromatic heterocycles. The fourth-order valence-corrected chi connectivity index (χ4v) is 2.12. The first-order chi connectivity index (χ1) is 9.67. The standard InChI is InChI=1S/C14H14ClN5/c1-2-19-8-10(7-17-19)14-13(16)9-20(18-14)12-5-3-11(15)4-6-12/h3-9H,2,16H2,1H3. The van der Waals surface area contributed by atoms with Crippen LogP contribution in [0.3, 0.4) is 0 Å². The second-order valence-corrected chi connectivity index (χ2v) is 4.88. The topological polar surface area (TPSA) is 61.7 Å². The van der Waals surface area contributed by atoms with Crippen molar-refractivity contribution < 1.29 is 0 Å². The number of aryl methyl sites for hydroxylation is 1. The number of aromatic nitrogens is 4. The van der Waals surface area contributed by atoms with E-state index in [0.717, 1.165) is 23.5 Å². The number of rotatable bonds is 3. The fourth-order valence-electron chi connectivity index (χ4n) is 2.00. The lowest BCUT2D eigenvalue weighted by Crippen LogP contribution is -1.94. The van der Waals surface area contributed by atoms with Crippen molar-refractivity contribution in [3.05, 3.63) is 47.9 Å². The van der Waals surface area contributed by atoms with Gasteiger partial charge in [-0.3, -0.25) is 4.68 Å². The maximum atomic E-state index is 6.04. The van der Waals surface area contributed by atoms with Gasteiger partial charge in [-0.05, 0) is 31.2 Å². The van der Waals surface area contributed by atoms with Gasteiger partial charge in [0.05, 0.1) is 23.8 Å². The summed E-state index contributed by atoms with van der Waals surface area (Å²) >= 11 is 5.88. The van der Waals surface area contributed by atoms with E-state index in [1.165, 1.54) is 0 Å². The van der Waals surface area contributed by atoms with Crippen molar-refractivity contribution in [2.24, 2.45) is 0 Å². The Kier molecular flexibility index (Phi) is 3.20. The van der Waals surface area contributed by atoms with E-state index in [2.05, 4.69) is 10.2 Å². The lowest BCUT2D eigenvalue weighted by Gasteiger charge is -2.00. The molecular formula is C14H14ClN5. The Hall–Kier alpha value is -2.27. The molecule has 0 saturated heterocycles. The highest BCUT2D eigenvalue weighted by atomic mass is 35.5. The van der Waals surface area contributed by atoms with Crippen molar-refractivity contribution in [3.63, 3.8) is 0 Å². The number of hydrogen-bond acceptors (Lipinski definition) is 3. The molecule has 0 aliphatic heterocycles. The van der Waals surface area contributed by atoms with Gasteiger partial charge < -0.3 is 5.73 Å². The molecular weight excluding hydrogens is 274 g/mol. The minimum Gasteiger partial charge on any atom is -0.396 e. The van der Waals surface area contributed by atoms with E-state index in [-0.39, 0.29) is 0 Å². The molecule has 0 spiro atoms. The van der Waals surface area contributed by atoms with E-state index in [4.69, 9.17) is 17.3 Å². The van der Waals surface area contributed by atoms with Gasteiger partial charge in [-0.2, -0.15) is 10.2 Å². The quantitative estimate of drug-likeness (QED) is 0.805. The van der Waals surface area contributed by atoms with Crippen LogP contribution in [0.25, 0.3) is 16.9 Å². The first kappa shape index (κ1) is 12.7. The summed E-state index contributed by atoms with van der Waals surface area (Å²) in [4.78, 5) is 0. The van der Waals surface area contributed by atoms with Gasteiger partial charge in [0, 0.05) is 23.3 Å². The van der Waals surface area contributed by atoms with Crippen molar-refractivity contribution in [3.8, 4) is 16.9 Å². The molecule has 0 unspecified atom stereocenters. The Morgan fingerprint density at radius 1 is 1.20 bits per heavy atom. The summed E-state index contributed by atoms with van der Waals surface area (Å²) in [5, 5.41) is 9.46. The molecule has 102 valence electrons. The van der Waals surface area contributed by atoms with E-state index in [1.54, 1.807) is 17.1 Å². The van der Waals surface area contributed by atoms with Crippen LogP contribution in [0.15, 0.2) is 42.9 Å². The monoisotopic (exact) mass is 287 g/mol. The number of hydrogen-bond donors (Lipinski definition) is 1. The van der Waals surface area contributed by atoms with Crippen molar-refractivity contribution in [1.29, 1.82) is 0 Å². The molecule has 0 amide bonds. The molecule has 0 bridgehead atoms. The van der Waals surface area contributed by atoms with E-state index >= 15 is 0 Å². The second kappa shape index (κ2) is 5.02. The molecule has 2 N–H and O–H groups in total. The van der Waals surface area contributed by atoms with Gasteiger partial charge >= 0.3 is 0 Å². The van der Waals surface area contributed by atoms with Gasteiger partial charge in [0.15, 0.2) is 0 Å². The molecule has 1 aromatic carbocycles. The fraction of sp³-hybridized carbons (Fsp3) is 0.143. The number of nitrogens with two attached hydrogens (primary N) is 1. The van der Waals surface area contributed by atoms with Crippen LogP contribution in [-0.2, 0) is 6.54 Å². The Morgan fingerprint density at radius 3 is 2.60 bits per heavy atom. The largest absolute Gasteiger partial charge is 0.396 e. The molecule has 0 radical (unpaired) electrons. The third-order valence-corrected chi connectivity index (χ3v) is 3.32. The number of benzene rings is 1. The summed E-state index contributed by atoms with van der Waals surface area (Å²) in [5.41, 5.74) is 9.23. The lowest BCUT2D eigenvalue weighted by molar-refractivity contribution is 0.660. The van der Waals surface area contributed by atoms with E-state index < -0.39 is 0 Å². The molecule has 20 heavy (non-hydrogen) atoms. The highest BCUT2D eigenvalue weighted by molar-refractivity contribution is 6.30. The van der Waals surface area contributed by atoms with E-state index in [9.17, 15) is 0 Å². The van der Waals surface area contributed by atoms with Gasteiger partial charge in [0.25, 0.3) is 0 Å².